The van der Waals surface area contributed by atoms with E-state index in [4.69, 9.17) is 0 Å². The molecule has 1 saturated heterocycles. The Morgan fingerprint density at radius 2 is 1.72 bits per heavy atom. The van der Waals surface area contributed by atoms with E-state index in [0.29, 0.717) is 11.5 Å². The van der Waals surface area contributed by atoms with Gasteiger partial charge >= 0.3 is 6.18 Å². The molecule has 0 spiro atoms. The second-order valence-electron chi connectivity index (χ2n) is 8.41. The van der Waals surface area contributed by atoms with Crippen LogP contribution in [0.3, 0.4) is 0 Å². The van der Waals surface area contributed by atoms with Gasteiger partial charge in [0.2, 0.25) is 0 Å². The van der Waals surface area contributed by atoms with Crippen LogP contribution in [0.1, 0.15) is 26.3 Å². The summed E-state index contributed by atoms with van der Waals surface area (Å²) in [7, 11) is 1.58. The third-order valence-corrected chi connectivity index (χ3v) is 6.25. The van der Waals surface area contributed by atoms with E-state index in [-0.39, 0.29) is 43.2 Å². The Labute approximate surface area is 203 Å². The molecule has 1 N–H and O–H groups in total. The zero-order valence-electron chi connectivity index (χ0n) is 19.0. The van der Waals surface area contributed by atoms with Crippen LogP contribution < -0.4 is 15.1 Å². The normalized spacial score (nSPS) is 15.7. The monoisotopic (exact) mass is 500 g/mol. The van der Waals surface area contributed by atoms with Crippen LogP contribution in [0.4, 0.5) is 40.6 Å². The lowest BCUT2D eigenvalue weighted by Gasteiger charge is -2.35. The van der Waals surface area contributed by atoms with Crippen LogP contribution >= 0.6 is 0 Å². The molecular formula is C24H20F4N6O2. The summed E-state index contributed by atoms with van der Waals surface area (Å²) in [5.41, 5.74) is -0.710. The number of benzene rings is 2. The first-order valence-corrected chi connectivity index (χ1v) is 11.1. The van der Waals surface area contributed by atoms with Gasteiger partial charge in [-0.15, -0.1) is 10.2 Å². The fourth-order valence-corrected chi connectivity index (χ4v) is 4.42. The highest BCUT2D eigenvalue weighted by Crippen LogP contribution is 2.38. The van der Waals surface area contributed by atoms with Crippen molar-refractivity contribution in [1.82, 2.24) is 15.1 Å². The highest BCUT2D eigenvalue weighted by Gasteiger charge is 2.36. The number of carbonyl (C=O) groups excluding carboxylic acids is 2. The van der Waals surface area contributed by atoms with Gasteiger partial charge in [0.1, 0.15) is 11.5 Å². The first kappa shape index (κ1) is 23.5. The molecule has 5 rings (SSSR count). The highest BCUT2D eigenvalue weighted by molar-refractivity contribution is 6.12. The molecule has 3 heterocycles. The molecule has 2 aliphatic rings. The minimum atomic E-state index is -4.64. The van der Waals surface area contributed by atoms with Crippen molar-refractivity contribution in [1.29, 1.82) is 0 Å². The van der Waals surface area contributed by atoms with Crippen LogP contribution in [0.5, 0.6) is 0 Å². The number of hydrogen-bond acceptors (Lipinski definition) is 6. The van der Waals surface area contributed by atoms with Crippen molar-refractivity contribution in [3.05, 3.63) is 71.0 Å². The standard InChI is InChI=1S/C24H20F4N6O2/c1-32-20-17(25)7-4-8-18(20)29-22(35)15-13-19(30-31-21(15)32)33-9-11-34(12-10-33)23(36)14-5-2-3-6-16(14)24(26,27)28/h2-8,13H,9-12H2,1H3,(H,29,35). The number of hydrogen-bond donors (Lipinski definition) is 1. The molecule has 12 heteroatoms. The molecule has 2 amide bonds. The van der Waals surface area contributed by atoms with E-state index in [1.54, 1.807) is 18.0 Å². The quantitative estimate of drug-likeness (QED) is 0.537. The van der Waals surface area contributed by atoms with Gasteiger partial charge in [0.05, 0.1) is 22.4 Å². The average Bonchev–Trinajstić information content (AvgIpc) is 2.97. The van der Waals surface area contributed by atoms with Crippen molar-refractivity contribution >= 4 is 34.8 Å². The summed E-state index contributed by atoms with van der Waals surface area (Å²) in [4.78, 5) is 30.3. The Kier molecular flexibility index (Phi) is 5.73. The second kappa shape index (κ2) is 8.77. The van der Waals surface area contributed by atoms with Gasteiger partial charge in [0, 0.05) is 33.2 Å². The molecule has 0 saturated carbocycles. The fraction of sp³-hybridized carbons (Fsp3) is 0.250. The molecule has 3 aromatic rings. The molecule has 0 unspecified atom stereocenters. The topological polar surface area (TPSA) is 81.7 Å². The van der Waals surface area contributed by atoms with E-state index in [0.717, 1.165) is 6.07 Å². The van der Waals surface area contributed by atoms with Gasteiger partial charge in [0.25, 0.3) is 11.8 Å². The van der Waals surface area contributed by atoms with Crippen molar-refractivity contribution in [2.75, 3.05) is 48.3 Å². The lowest BCUT2D eigenvalue weighted by Crippen LogP contribution is -2.49. The highest BCUT2D eigenvalue weighted by atomic mass is 19.4. The summed E-state index contributed by atoms with van der Waals surface area (Å²) < 4.78 is 54.5. The third kappa shape index (κ3) is 4.08. The maximum atomic E-state index is 14.5. The molecule has 2 aliphatic heterocycles. The number of fused-ring (bicyclic) bond motifs is 2. The van der Waals surface area contributed by atoms with E-state index in [1.165, 1.54) is 46.2 Å². The Bertz CT molecular complexity index is 1350. The smallest absolute Gasteiger partial charge is 0.352 e. The summed E-state index contributed by atoms with van der Waals surface area (Å²) in [5.74, 6) is -1.16. The number of amides is 2. The maximum absolute atomic E-state index is 14.5. The van der Waals surface area contributed by atoms with Gasteiger partial charge in [-0.1, -0.05) is 18.2 Å². The van der Waals surface area contributed by atoms with E-state index < -0.39 is 34.9 Å². The number of rotatable bonds is 2. The Morgan fingerprint density at radius 3 is 2.44 bits per heavy atom. The molecule has 2 aromatic carbocycles. The largest absolute Gasteiger partial charge is 0.417 e. The molecule has 0 bridgehead atoms. The van der Waals surface area contributed by atoms with Crippen molar-refractivity contribution in [2.45, 2.75) is 6.18 Å². The molecule has 0 aliphatic carbocycles. The van der Waals surface area contributed by atoms with Crippen molar-refractivity contribution < 1.29 is 27.2 Å². The van der Waals surface area contributed by atoms with Crippen molar-refractivity contribution in [2.24, 2.45) is 0 Å². The number of anilines is 4. The second-order valence-corrected chi connectivity index (χ2v) is 8.41. The molecular weight excluding hydrogens is 480 g/mol. The summed E-state index contributed by atoms with van der Waals surface area (Å²) in [6, 6.07) is 10.6. The molecule has 8 nitrogen and oxygen atoms in total. The fourth-order valence-electron chi connectivity index (χ4n) is 4.42. The summed E-state index contributed by atoms with van der Waals surface area (Å²) in [6.45, 7) is 0.874. The number of nitrogens with zero attached hydrogens (tertiary/aromatic N) is 5. The minimum Gasteiger partial charge on any atom is -0.352 e. The molecule has 1 aromatic heterocycles. The van der Waals surface area contributed by atoms with Crippen LogP contribution in [0.15, 0.2) is 48.5 Å². The molecule has 0 radical (unpaired) electrons. The predicted octanol–water partition coefficient (Wildman–Crippen LogP) is 3.93. The van der Waals surface area contributed by atoms with E-state index in [2.05, 4.69) is 15.5 Å². The molecule has 36 heavy (non-hydrogen) atoms. The third-order valence-electron chi connectivity index (χ3n) is 6.25. The number of carbonyl (C=O) groups is 2. The van der Waals surface area contributed by atoms with Gasteiger partial charge < -0.3 is 20.0 Å². The number of para-hydroxylation sites is 1. The van der Waals surface area contributed by atoms with Gasteiger partial charge in [0.15, 0.2) is 11.6 Å². The van der Waals surface area contributed by atoms with E-state index >= 15 is 0 Å². The zero-order valence-corrected chi connectivity index (χ0v) is 19.0. The molecule has 0 atom stereocenters. The Balaban J connectivity index is 1.35. The number of alkyl halides is 3. The first-order valence-electron chi connectivity index (χ1n) is 11.1. The number of halogens is 4. The SMILES string of the molecule is CN1c2nnc(N3CCN(C(=O)c4ccccc4C(F)(F)F)CC3)cc2C(=O)Nc2cccc(F)c21. The first-order chi connectivity index (χ1) is 17.1. The lowest BCUT2D eigenvalue weighted by atomic mass is 10.1. The Hall–Kier alpha value is -4.22. The number of nitrogens with one attached hydrogen (secondary N) is 1. The van der Waals surface area contributed by atoms with Crippen LogP contribution in [-0.4, -0.2) is 60.1 Å². The molecule has 1 fully saturated rings. The summed E-state index contributed by atoms with van der Waals surface area (Å²) in [6.07, 6.45) is -4.64. The zero-order chi connectivity index (χ0) is 25.6. The lowest BCUT2D eigenvalue weighted by molar-refractivity contribution is -0.138. The van der Waals surface area contributed by atoms with Crippen molar-refractivity contribution in [3.63, 3.8) is 0 Å². The average molecular weight is 500 g/mol. The van der Waals surface area contributed by atoms with Gasteiger partial charge in [-0.2, -0.15) is 13.2 Å². The van der Waals surface area contributed by atoms with E-state index in [1.807, 2.05) is 0 Å². The van der Waals surface area contributed by atoms with Crippen LogP contribution in [0.2, 0.25) is 0 Å². The number of aromatic nitrogens is 2. The predicted molar refractivity (Wildman–Crippen MR) is 124 cm³/mol. The van der Waals surface area contributed by atoms with Gasteiger partial charge in [-0.05, 0) is 30.3 Å². The van der Waals surface area contributed by atoms with Gasteiger partial charge in [-0.3, -0.25) is 9.59 Å². The van der Waals surface area contributed by atoms with Crippen LogP contribution in [-0.2, 0) is 6.18 Å². The minimum absolute atomic E-state index is 0.159. The summed E-state index contributed by atoms with van der Waals surface area (Å²) >= 11 is 0. The molecule has 186 valence electrons. The van der Waals surface area contributed by atoms with Gasteiger partial charge in [-0.25, -0.2) is 4.39 Å². The van der Waals surface area contributed by atoms with Crippen LogP contribution in [0.25, 0.3) is 0 Å². The van der Waals surface area contributed by atoms with Crippen LogP contribution in [0, 0.1) is 5.82 Å². The Morgan fingerprint density at radius 1 is 1.00 bits per heavy atom. The summed E-state index contributed by atoms with van der Waals surface area (Å²) in [5, 5.41) is 11.1. The number of piperazine rings is 1. The van der Waals surface area contributed by atoms with Crippen molar-refractivity contribution in [3.8, 4) is 0 Å². The maximum Gasteiger partial charge on any atom is 0.417 e. The van der Waals surface area contributed by atoms with E-state index in [9.17, 15) is 27.2 Å².